The van der Waals surface area contributed by atoms with E-state index < -0.39 is 0 Å². The zero-order chi connectivity index (χ0) is 18.8. The molecule has 1 aliphatic rings. The van der Waals surface area contributed by atoms with Crippen molar-refractivity contribution in [2.75, 3.05) is 13.1 Å². The number of likely N-dealkylation sites (tertiary alicyclic amines) is 1. The van der Waals surface area contributed by atoms with E-state index in [0.717, 1.165) is 30.1 Å². The second kappa shape index (κ2) is 7.48. The first-order valence-electron chi connectivity index (χ1n) is 8.98. The van der Waals surface area contributed by atoms with Crippen molar-refractivity contribution in [1.29, 1.82) is 0 Å². The lowest BCUT2D eigenvalue weighted by Crippen LogP contribution is -2.41. The van der Waals surface area contributed by atoms with Crippen LogP contribution in [0.4, 0.5) is 0 Å². The molecule has 1 N–H and O–H groups in total. The molecule has 1 atom stereocenters. The van der Waals surface area contributed by atoms with Crippen molar-refractivity contribution in [2.45, 2.75) is 32.2 Å². The number of aromatic amines is 1. The molecule has 0 spiro atoms. The van der Waals surface area contributed by atoms with Gasteiger partial charge in [-0.05, 0) is 19.8 Å². The summed E-state index contributed by atoms with van der Waals surface area (Å²) in [5.41, 5.74) is 3.55. The number of aromatic nitrogens is 4. The number of amides is 1. The van der Waals surface area contributed by atoms with Crippen molar-refractivity contribution in [2.24, 2.45) is 0 Å². The maximum Gasteiger partial charge on any atom is 0.259 e. The highest BCUT2D eigenvalue weighted by atomic mass is 32.1. The number of hydrogen-bond acceptors (Lipinski definition) is 5. The monoisotopic (exact) mass is 383 g/mol. The fraction of sp³-hybridized carbons (Fsp3) is 0.368. The molecule has 140 valence electrons. The van der Waals surface area contributed by atoms with E-state index in [1.807, 2.05) is 17.1 Å². The Kier molecular flexibility index (Phi) is 4.89. The molecule has 1 fully saturated rings. The second-order valence-corrected chi connectivity index (χ2v) is 7.60. The molecule has 3 aromatic rings. The molecule has 1 amide bonds. The van der Waals surface area contributed by atoms with Gasteiger partial charge >= 0.3 is 0 Å². The summed E-state index contributed by atoms with van der Waals surface area (Å²) in [5.74, 6) is 0.915. The van der Waals surface area contributed by atoms with Crippen molar-refractivity contribution in [1.82, 2.24) is 24.4 Å². The summed E-state index contributed by atoms with van der Waals surface area (Å²) in [6, 6.07) is 1.47. The Labute approximate surface area is 160 Å². The predicted molar refractivity (Wildman–Crippen MR) is 103 cm³/mol. The molecule has 0 aliphatic carbocycles. The number of piperidine rings is 1. The Morgan fingerprint density at radius 1 is 1.41 bits per heavy atom. The Hall–Kier alpha value is -2.74. The van der Waals surface area contributed by atoms with Crippen LogP contribution in [0.25, 0.3) is 0 Å². The smallest absolute Gasteiger partial charge is 0.259 e. The lowest BCUT2D eigenvalue weighted by molar-refractivity contribution is 0.0701. The number of carbonyl (C=O) groups is 1. The van der Waals surface area contributed by atoms with Gasteiger partial charge in [-0.3, -0.25) is 9.59 Å². The van der Waals surface area contributed by atoms with E-state index in [1.54, 1.807) is 29.4 Å². The van der Waals surface area contributed by atoms with Crippen LogP contribution in [-0.2, 0) is 6.54 Å². The maximum atomic E-state index is 12.9. The Morgan fingerprint density at radius 2 is 2.30 bits per heavy atom. The van der Waals surface area contributed by atoms with Crippen molar-refractivity contribution >= 4 is 17.2 Å². The summed E-state index contributed by atoms with van der Waals surface area (Å²) in [6.07, 6.45) is 7.14. The fourth-order valence-electron chi connectivity index (χ4n) is 3.59. The number of thiazole rings is 1. The molecule has 1 aliphatic heterocycles. The highest BCUT2D eigenvalue weighted by molar-refractivity contribution is 7.07. The van der Waals surface area contributed by atoms with Crippen LogP contribution in [0.2, 0.25) is 0 Å². The van der Waals surface area contributed by atoms with Crippen molar-refractivity contribution in [3.05, 3.63) is 68.5 Å². The highest BCUT2D eigenvalue weighted by Crippen LogP contribution is 2.27. The van der Waals surface area contributed by atoms with E-state index in [1.165, 1.54) is 12.3 Å². The van der Waals surface area contributed by atoms with Crippen LogP contribution in [0, 0.1) is 6.92 Å². The Morgan fingerprint density at radius 3 is 3.07 bits per heavy atom. The number of hydrogen-bond donors (Lipinski definition) is 1. The van der Waals surface area contributed by atoms with Gasteiger partial charge in [0, 0.05) is 54.7 Å². The first-order valence-corrected chi connectivity index (χ1v) is 9.93. The zero-order valence-corrected chi connectivity index (χ0v) is 15.9. The van der Waals surface area contributed by atoms with E-state index in [0.29, 0.717) is 19.6 Å². The minimum Gasteiger partial charge on any atom is -0.364 e. The summed E-state index contributed by atoms with van der Waals surface area (Å²) in [6.45, 7) is 3.71. The minimum atomic E-state index is -0.233. The maximum absolute atomic E-state index is 12.9. The molecule has 3 aromatic heterocycles. The van der Waals surface area contributed by atoms with Crippen LogP contribution in [0.5, 0.6) is 0 Å². The minimum absolute atomic E-state index is 0.154. The summed E-state index contributed by atoms with van der Waals surface area (Å²) in [7, 11) is 0. The average molecular weight is 383 g/mol. The molecular formula is C19H21N5O2S. The molecular weight excluding hydrogens is 362 g/mol. The number of nitrogens with one attached hydrogen (secondary N) is 1. The number of pyridine rings is 1. The fourth-order valence-corrected chi connectivity index (χ4v) is 4.14. The molecule has 1 saturated heterocycles. The average Bonchev–Trinajstić information content (AvgIpc) is 3.34. The number of H-pyrrole nitrogens is 1. The van der Waals surface area contributed by atoms with E-state index in [-0.39, 0.29) is 22.8 Å². The molecule has 0 bridgehead atoms. The zero-order valence-electron chi connectivity index (χ0n) is 15.1. The largest absolute Gasteiger partial charge is 0.364 e. The number of rotatable bonds is 4. The molecule has 4 rings (SSSR count). The molecule has 27 heavy (non-hydrogen) atoms. The van der Waals surface area contributed by atoms with Crippen LogP contribution in [0.15, 0.2) is 40.3 Å². The van der Waals surface area contributed by atoms with Crippen molar-refractivity contribution in [3.8, 4) is 0 Å². The van der Waals surface area contributed by atoms with Crippen molar-refractivity contribution < 1.29 is 4.79 Å². The highest BCUT2D eigenvalue weighted by Gasteiger charge is 2.29. The van der Waals surface area contributed by atoms with Crippen LogP contribution < -0.4 is 5.43 Å². The summed E-state index contributed by atoms with van der Waals surface area (Å²) in [4.78, 5) is 38.7. The third-order valence-electron chi connectivity index (χ3n) is 4.92. The summed E-state index contributed by atoms with van der Waals surface area (Å²) in [5, 5.41) is 2.03. The quantitative estimate of drug-likeness (QED) is 0.750. The van der Waals surface area contributed by atoms with Gasteiger partial charge < -0.3 is 14.5 Å². The third-order valence-corrected chi connectivity index (χ3v) is 5.56. The first kappa shape index (κ1) is 17.7. The molecule has 4 heterocycles. The number of carbonyl (C=O) groups excluding carboxylic acids is 1. The summed E-state index contributed by atoms with van der Waals surface area (Å²) >= 11 is 1.58. The number of nitrogens with zero attached hydrogens (tertiary/aromatic N) is 4. The van der Waals surface area contributed by atoms with Gasteiger partial charge in [0.2, 0.25) is 0 Å². The Bertz CT molecular complexity index is 992. The van der Waals surface area contributed by atoms with E-state index in [9.17, 15) is 9.59 Å². The second-order valence-electron chi connectivity index (χ2n) is 6.88. The SMILES string of the molecule is Cc1cc(=O)c(C(=O)N2CCC[C@@H](c3nccn3Cc3cscn3)C2)c[nH]1. The van der Waals surface area contributed by atoms with E-state index in [2.05, 4.69) is 19.5 Å². The number of imidazole rings is 1. The number of aryl methyl sites for hydroxylation is 1. The van der Waals surface area contributed by atoms with Crippen LogP contribution in [0.1, 0.15) is 46.3 Å². The topological polar surface area (TPSA) is 83.9 Å². The van der Waals surface area contributed by atoms with Gasteiger partial charge in [0.1, 0.15) is 11.4 Å². The van der Waals surface area contributed by atoms with Gasteiger partial charge in [0.05, 0.1) is 17.7 Å². The standard InChI is InChI=1S/C19H21N5O2S/c1-13-7-17(25)16(8-21-13)19(26)24-5-2-3-14(9-24)18-20-4-6-23(18)10-15-11-27-12-22-15/h4,6-8,11-12,14H,2-3,5,9-10H2,1H3,(H,21,25)/t14-/m1/s1. The van der Waals surface area contributed by atoms with Gasteiger partial charge in [-0.2, -0.15) is 0 Å². The predicted octanol–water partition coefficient (Wildman–Crippen LogP) is 2.40. The van der Waals surface area contributed by atoms with Crippen molar-refractivity contribution in [3.63, 3.8) is 0 Å². The lowest BCUT2D eigenvalue weighted by Gasteiger charge is -2.32. The first-order chi connectivity index (χ1) is 13.1. The third kappa shape index (κ3) is 3.71. The van der Waals surface area contributed by atoms with E-state index >= 15 is 0 Å². The molecule has 7 nitrogen and oxygen atoms in total. The van der Waals surface area contributed by atoms with Crippen LogP contribution in [0.3, 0.4) is 0 Å². The van der Waals surface area contributed by atoms with Gasteiger partial charge in [0.25, 0.3) is 5.91 Å². The summed E-state index contributed by atoms with van der Waals surface area (Å²) < 4.78 is 2.10. The van der Waals surface area contributed by atoms with Crippen LogP contribution in [-0.4, -0.2) is 43.4 Å². The van der Waals surface area contributed by atoms with Gasteiger partial charge in [-0.25, -0.2) is 9.97 Å². The molecule has 0 aromatic carbocycles. The molecule has 0 saturated carbocycles. The normalized spacial score (nSPS) is 17.2. The Balaban J connectivity index is 1.53. The van der Waals surface area contributed by atoms with E-state index in [4.69, 9.17) is 0 Å². The van der Waals surface area contributed by atoms with Gasteiger partial charge in [0.15, 0.2) is 5.43 Å². The van der Waals surface area contributed by atoms with Gasteiger partial charge in [-0.1, -0.05) is 0 Å². The van der Waals surface area contributed by atoms with Gasteiger partial charge in [-0.15, -0.1) is 11.3 Å². The van der Waals surface area contributed by atoms with Crippen LogP contribution >= 0.6 is 11.3 Å². The molecule has 0 radical (unpaired) electrons. The molecule has 8 heteroatoms. The molecule has 0 unspecified atom stereocenters. The lowest BCUT2D eigenvalue weighted by atomic mass is 9.96.